The van der Waals surface area contributed by atoms with Crippen LogP contribution in [0.4, 0.5) is 17.3 Å². The lowest BCUT2D eigenvalue weighted by molar-refractivity contribution is -0.384. The minimum atomic E-state index is -0.454. The van der Waals surface area contributed by atoms with Gasteiger partial charge in [0.05, 0.1) is 17.1 Å². The van der Waals surface area contributed by atoms with E-state index in [4.69, 9.17) is 5.73 Å². The highest BCUT2D eigenvalue weighted by molar-refractivity contribution is 7.99. The summed E-state index contributed by atoms with van der Waals surface area (Å²) in [6, 6.07) is 3.02. The van der Waals surface area contributed by atoms with E-state index in [9.17, 15) is 10.1 Å². The molecule has 1 saturated carbocycles. The predicted molar refractivity (Wildman–Crippen MR) is 73.9 cm³/mol. The van der Waals surface area contributed by atoms with Crippen LogP contribution in [0.25, 0.3) is 0 Å². The number of pyridine rings is 1. The van der Waals surface area contributed by atoms with E-state index in [1.54, 1.807) is 0 Å². The zero-order chi connectivity index (χ0) is 13.1. The Balaban J connectivity index is 2.16. The van der Waals surface area contributed by atoms with E-state index >= 15 is 0 Å². The van der Waals surface area contributed by atoms with Crippen LogP contribution in [0.5, 0.6) is 0 Å². The summed E-state index contributed by atoms with van der Waals surface area (Å²) in [4.78, 5) is 14.4. The number of nitrogen functional groups attached to an aromatic ring is 1. The molecule has 7 heteroatoms. The molecule has 6 nitrogen and oxygen atoms in total. The van der Waals surface area contributed by atoms with Gasteiger partial charge in [0.15, 0.2) is 0 Å². The molecule has 0 aromatic carbocycles. The maximum Gasteiger partial charge on any atom is 0.276 e. The topological polar surface area (TPSA) is 94.1 Å². The largest absolute Gasteiger partial charge is 0.383 e. The predicted octanol–water partition coefficient (Wildman–Crippen LogP) is 2.27. The van der Waals surface area contributed by atoms with Crippen LogP contribution in [0.15, 0.2) is 12.1 Å². The highest BCUT2D eigenvalue weighted by Crippen LogP contribution is 2.31. The molecule has 0 spiro atoms. The highest BCUT2D eigenvalue weighted by Gasteiger charge is 2.27. The first-order chi connectivity index (χ1) is 8.60. The summed E-state index contributed by atoms with van der Waals surface area (Å²) in [5.74, 6) is 0.665. The number of nitrogens with two attached hydrogens (primary N) is 1. The van der Waals surface area contributed by atoms with Crippen molar-refractivity contribution in [1.82, 2.24) is 4.98 Å². The molecule has 0 radical (unpaired) electrons. The number of anilines is 2. The van der Waals surface area contributed by atoms with Gasteiger partial charge in [-0.2, -0.15) is 11.8 Å². The first-order valence-electron chi connectivity index (χ1n) is 5.81. The van der Waals surface area contributed by atoms with E-state index < -0.39 is 4.92 Å². The molecule has 1 aromatic rings. The average molecular weight is 268 g/mol. The molecule has 0 saturated heterocycles. The SMILES string of the molecule is CSC1CCCC1Nc1cc([N+](=O)[O-])cc(N)n1. The van der Waals surface area contributed by atoms with E-state index in [0.717, 1.165) is 6.42 Å². The number of aromatic nitrogens is 1. The summed E-state index contributed by atoms with van der Waals surface area (Å²) < 4.78 is 0. The normalized spacial score (nSPS) is 22.9. The third-order valence-corrected chi connectivity index (χ3v) is 4.30. The van der Waals surface area contributed by atoms with Gasteiger partial charge < -0.3 is 11.1 Å². The molecule has 0 amide bonds. The van der Waals surface area contributed by atoms with Crippen molar-refractivity contribution in [2.75, 3.05) is 17.3 Å². The monoisotopic (exact) mass is 268 g/mol. The van der Waals surface area contributed by atoms with Crippen molar-refractivity contribution in [1.29, 1.82) is 0 Å². The molecule has 2 unspecified atom stereocenters. The van der Waals surface area contributed by atoms with Crippen LogP contribution < -0.4 is 11.1 Å². The molecule has 18 heavy (non-hydrogen) atoms. The molecule has 2 rings (SSSR count). The van der Waals surface area contributed by atoms with E-state index in [0.29, 0.717) is 17.1 Å². The Morgan fingerprint density at radius 3 is 3.00 bits per heavy atom. The number of nitro groups is 1. The number of nitrogens with zero attached hydrogens (tertiary/aromatic N) is 2. The number of hydrogen-bond acceptors (Lipinski definition) is 6. The molecule has 1 aromatic heterocycles. The van der Waals surface area contributed by atoms with Gasteiger partial charge in [0.25, 0.3) is 5.69 Å². The molecular formula is C11H16N4O2S. The second kappa shape index (κ2) is 5.43. The Bertz CT molecular complexity index is 455. The Morgan fingerprint density at radius 2 is 2.33 bits per heavy atom. The number of rotatable bonds is 4. The lowest BCUT2D eigenvalue weighted by Gasteiger charge is -2.19. The van der Waals surface area contributed by atoms with Crippen molar-refractivity contribution in [3.63, 3.8) is 0 Å². The summed E-state index contributed by atoms with van der Waals surface area (Å²) in [5, 5.41) is 14.5. The Labute approximate surface area is 110 Å². The van der Waals surface area contributed by atoms with Crippen molar-refractivity contribution in [3.05, 3.63) is 22.2 Å². The third-order valence-electron chi connectivity index (χ3n) is 3.13. The van der Waals surface area contributed by atoms with Gasteiger partial charge in [-0.05, 0) is 19.1 Å². The maximum atomic E-state index is 10.8. The van der Waals surface area contributed by atoms with Crippen LogP contribution in [-0.2, 0) is 0 Å². The molecule has 98 valence electrons. The van der Waals surface area contributed by atoms with Gasteiger partial charge in [-0.15, -0.1) is 0 Å². The summed E-state index contributed by atoms with van der Waals surface area (Å²) >= 11 is 1.82. The van der Waals surface area contributed by atoms with Gasteiger partial charge in [-0.25, -0.2) is 4.98 Å². The third kappa shape index (κ3) is 2.84. The Morgan fingerprint density at radius 1 is 1.56 bits per heavy atom. The zero-order valence-corrected chi connectivity index (χ0v) is 10.9. The lowest BCUT2D eigenvalue weighted by Crippen LogP contribution is -2.26. The Hall–Kier alpha value is -1.50. The van der Waals surface area contributed by atoms with Crippen molar-refractivity contribution < 1.29 is 4.92 Å². The summed E-state index contributed by atoms with van der Waals surface area (Å²) in [5.41, 5.74) is 5.55. The maximum absolute atomic E-state index is 10.8. The summed E-state index contributed by atoms with van der Waals surface area (Å²) in [7, 11) is 0. The highest BCUT2D eigenvalue weighted by atomic mass is 32.2. The van der Waals surface area contributed by atoms with Gasteiger partial charge >= 0.3 is 0 Å². The molecule has 1 heterocycles. The molecule has 3 N–H and O–H groups in total. The van der Waals surface area contributed by atoms with E-state index in [2.05, 4.69) is 16.6 Å². The van der Waals surface area contributed by atoms with E-state index in [1.807, 2.05) is 11.8 Å². The lowest BCUT2D eigenvalue weighted by atomic mass is 10.2. The van der Waals surface area contributed by atoms with Crippen molar-refractivity contribution in [2.45, 2.75) is 30.6 Å². The number of nitrogens with one attached hydrogen (secondary N) is 1. The second-order valence-corrected chi connectivity index (χ2v) is 5.43. The number of thioether (sulfide) groups is 1. The van der Waals surface area contributed by atoms with Crippen molar-refractivity contribution in [3.8, 4) is 0 Å². The fraction of sp³-hybridized carbons (Fsp3) is 0.545. The molecule has 1 aliphatic carbocycles. The van der Waals surface area contributed by atoms with Crippen LogP contribution in [0.2, 0.25) is 0 Å². The fourth-order valence-corrected chi connectivity index (χ4v) is 3.21. The van der Waals surface area contributed by atoms with Gasteiger partial charge in [-0.1, -0.05) is 6.42 Å². The van der Waals surface area contributed by atoms with Gasteiger partial charge in [0, 0.05) is 11.3 Å². The quantitative estimate of drug-likeness (QED) is 0.642. The molecule has 0 aliphatic heterocycles. The molecule has 1 fully saturated rings. The number of hydrogen-bond donors (Lipinski definition) is 2. The van der Waals surface area contributed by atoms with Crippen LogP contribution in [0, 0.1) is 10.1 Å². The molecular weight excluding hydrogens is 252 g/mol. The zero-order valence-electron chi connectivity index (χ0n) is 10.1. The first kappa shape index (κ1) is 12.9. The Kier molecular flexibility index (Phi) is 3.90. The van der Waals surface area contributed by atoms with Crippen LogP contribution in [0.3, 0.4) is 0 Å². The second-order valence-electron chi connectivity index (χ2n) is 4.35. The van der Waals surface area contributed by atoms with Crippen LogP contribution in [0.1, 0.15) is 19.3 Å². The van der Waals surface area contributed by atoms with Crippen molar-refractivity contribution >= 4 is 29.1 Å². The van der Waals surface area contributed by atoms with E-state index in [1.165, 1.54) is 25.0 Å². The molecule has 0 bridgehead atoms. The fourth-order valence-electron chi connectivity index (χ4n) is 2.28. The van der Waals surface area contributed by atoms with Gasteiger partial charge in [0.1, 0.15) is 11.6 Å². The standard InChI is InChI=1S/C11H16N4O2S/c1-18-9-4-2-3-8(9)13-11-6-7(15(16)17)5-10(12)14-11/h5-6,8-9H,2-4H2,1H3,(H3,12,13,14). The minimum Gasteiger partial charge on any atom is -0.383 e. The average Bonchev–Trinajstić information content (AvgIpc) is 2.75. The van der Waals surface area contributed by atoms with Gasteiger partial charge in [-0.3, -0.25) is 10.1 Å². The summed E-state index contributed by atoms with van der Waals surface area (Å²) in [6.45, 7) is 0. The van der Waals surface area contributed by atoms with Crippen LogP contribution in [-0.4, -0.2) is 27.5 Å². The first-order valence-corrected chi connectivity index (χ1v) is 7.10. The van der Waals surface area contributed by atoms with E-state index in [-0.39, 0.29) is 11.5 Å². The summed E-state index contributed by atoms with van der Waals surface area (Å²) in [6.07, 6.45) is 5.49. The molecule has 1 aliphatic rings. The van der Waals surface area contributed by atoms with Crippen molar-refractivity contribution in [2.24, 2.45) is 0 Å². The molecule has 2 atom stereocenters. The van der Waals surface area contributed by atoms with Crippen LogP contribution >= 0.6 is 11.8 Å². The van der Waals surface area contributed by atoms with Gasteiger partial charge in [0.2, 0.25) is 0 Å². The smallest absolute Gasteiger partial charge is 0.276 e. The minimum absolute atomic E-state index is 0.0244.